The van der Waals surface area contributed by atoms with Crippen LogP contribution < -0.4 is 5.32 Å². The van der Waals surface area contributed by atoms with E-state index in [-0.39, 0.29) is 5.91 Å². The van der Waals surface area contributed by atoms with Crippen molar-refractivity contribution in [2.75, 3.05) is 0 Å². The lowest BCUT2D eigenvalue weighted by Gasteiger charge is -2.10. The fourth-order valence-electron chi connectivity index (χ4n) is 2.06. The molecule has 0 bridgehead atoms. The Hall–Kier alpha value is -1.32. The maximum absolute atomic E-state index is 11.8. The molecular formula is C11H16N2O2. The standard InChI is InChI=1S/C11H16N2O2/c1-7-10(12-8(2)15-7)11(14)13-9-5-3-4-6-9/h9H,3-6H2,1-2H3,(H,13,14). The summed E-state index contributed by atoms with van der Waals surface area (Å²) in [4.78, 5) is 15.9. The van der Waals surface area contributed by atoms with E-state index >= 15 is 0 Å². The lowest BCUT2D eigenvalue weighted by Crippen LogP contribution is -2.33. The summed E-state index contributed by atoms with van der Waals surface area (Å²) in [6, 6.07) is 0.328. The Bertz CT molecular complexity index is 365. The van der Waals surface area contributed by atoms with Gasteiger partial charge in [0.15, 0.2) is 11.6 Å². The van der Waals surface area contributed by atoms with Crippen LogP contribution >= 0.6 is 0 Å². The van der Waals surface area contributed by atoms with Gasteiger partial charge in [-0.1, -0.05) is 12.8 Å². The van der Waals surface area contributed by atoms with Crippen LogP contribution in [0.4, 0.5) is 0 Å². The van der Waals surface area contributed by atoms with Crippen molar-refractivity contribution in [3.05, 3.63) is 17.3 Å². The number of carbonyl (C=O) groups excluding carboxylic acids is 1. The van der Waals surface area contributed by atoms with E-state index in [9.17, 15) is 4.79 Å². The van der Waals surface area contributed by atoms with Gasteiger partial charge in [0.25, 0.3) is 5.91 Å². The maximum Gasteiger partial charge on any atom is 0.273 e. The van der Waals surface area contributed by atoms with E-state index in [2.05, 4.69) is 10.3 Å². The zero-order valence-electron chi connectivity index (χ0n) is 9.17. The molecule has 1 saturated carbocycles. The van der Waals surface area contributed by atoms with E-state index in [1.807, 2.05) is 0 Å². The monoisotopic (exact) mass is 208 g/mol. The summed E-state index contributed by atoms with van der Waals surface area (Å²) in [6.45, 7) is 3.52. The number of aryl methyl sites for hydroxylation is 2. The molecule has 0 unspecified atom stereocenters. The van der Waals surface area contributed by atoms with Crippen molar-refractivity contribution in [1.82, 2.24) is 10.3 Å². The Labute approximate surface area is 89.1 Å². The van der Waals surface area contributed by atoms with Gasteiger partial charge in [0.2, 0.25) is 0 Å². The summed E-state index contributed by atoms with van der Waals surface area (Å²) < 4.78 is 5.23. The van der Waals surface area contributed by atoms with Crippen LogP contribution in [0.15, 0.2) is 4.42 Å². The van der Waals surface area contributed by atoms with E-state index < -0.39 is 0 Å². The minimum atomic E-state index is -0.101. The highest BCUT2D eigenvalue weighted by Crippen LogP contribution is 2.18. The quantitative estimate of drug-likeness (QED) is 0.808. The van der Waals surface area contributed by atoms with Gasteiger partial charge in [-0.05, 0) is 19.8 Å². The molecule has 1 aromatic rings. The largest absolute Gasteiger partial charge is 0.445 e. The van der Waals surface area contributed by atoms with Crippen LogP contribution in [0, 0.1) is 13.8 Å². The molecule has 1 N–H and O–H groups in total. The summed E-state index contributed by atoms with van der Waals surface area (Å²) in [7, 11) is 0. The van der Waals surface area contributed by atoms with Crippen molar-refractivity contribution < 1.29 is 9.21 Å². The van der Waals surface area contributed by atoms with Crippen LogP contribution in [-0.4, -0.2) is 16.9 Å². The van der Waals surface area contributed by atoms with E-state index in [1.165, 1.54) is 12.8 Å². The van der Waals surface area contributed by atoms with Gasteiger partial charge in [-0.2, -0.15) is 0 Å². The number of nitrogens with one attached hydrogen (secondary N) is 1. The van der Waals surface area contributed by atoms with Crippen LogP contribution in [0.2, 0.25) is 0 Å². The average Bonchev–Trinajstić information content (AvgIpc) is 2.75. The number of hydrogen-bond donors (Lipinski definition) is 1. The molecule has 1 aliphatic rings. The number of amides is 1. The Kier molecular flexibility index (Phi) is 2.75. The molecule has 4 heteroatoms. The van der Waals surface area contributed by atoms with E-state index in [1.54, 1.807) is 13.8 Å². The smallest absolute Gasteiger partial charge is 0.273 e. The molecule has 0 saturated heterocycles. The molecule has 0 radical (unpaired) electrons. The topological polar surface area (TPSA) is 55.1 Å². The molecule has 4 nitrogen and oxygen atoms in total. The summed E-state index contributed by atoms with van der Waals surface area (Å²) >= 11 is 0. The van der Waals surface area contributed by atoms with E-state index in [0.717, 1.165) is 12.8 Å². The highest BCUT2D eigenvalue weighted by Gasteiger charge is 2.21. The van der Waals surface area contributed by atoms with Crippen molar-refractivity contribution in [3.8, 4) is 0 Å². The first kappa shape index (κ1) is 10.2. The molecule has 2 rings (SSSR count). The maximum atomic E-state index is 11.8. The van der Waals surface area contributed by atoms with Gasteiger partial charge in [0.1, 0.15) is 5.76 Å². The molecule has 0 atom stereocenters. The van der Waals surface area contributed by atoms with Crippen molar-refractivity contribution in [3.63, 3.8) is 0 Å². The number of rotatable bonds is 2. The molecule has 1 aromatic heterocycles. The van der Waals surface area contributed by atoms with Gasteiger partial charge in [-0.3, -0.25) is 4.79 Å². The molecule has 0 aromatic carbocycles. The predicted octanol–water partition coefficient (Wildman–Crippen LogP) is 1.96. The van der Waals surface area contributed by atoms with Gasteiger partial charge >= 0.3 is 0 Å². The summed E-state index contributed by atoms with van der Waals surface area (Å²) in [5, 5.41) is 2.99. The van der Waals surface area contributed by atoms with Gasteiger partial charge in [0.05, 0.1) is 0 Å². The Morgan fingerprint density at radius 2 is 2.07 bits per heavy atom. The molecule has 82 valence electrons. The third-order valence-electron chi connectivity index (χ3n) is 2.81. The lowest BCUT2D eigenvalue weighted by atomic mass is 10.2. The van der Waals surface area contributed by atoms with Gasteiger partial charge in [-0.15, -0.1) is 0 Å². The third-order valence-corrected chi connectivity index (χ3v) is 2.81. The number of nitrogens with zero attached hydrogens (tertiary/aromatic N) is 1. The van der Waals surface area contributed by atoms with Crippen LogP contribution in [-0.2, 0) is 0 Å². The average molecular weight is 208 g/mol. The zero-order valence-corrected chi connectivity index (χ0v) is 9.17. The van der Waals surface area contributed by atoms with Gasteiger partial charge in [0, 0.05) is 13.0 Å². The number of hydrogen-bond acceptors (Lipinski definition) is 3. The summed E-state index contributed by atoms with van der Waals surface area (Å²) in [5.74, 6) is 1.04. The SMILES string of the molecule is Cc1nc(C(=O)NC2CCCC2)c(C)o1. The van der Waals surface area contributed by atoms with Crippen molar-refractivity contribution in [2.24, 2.45) is 0 Å². The van der Waals surface area contributed by atoms with Crippen molar-refractivity contribution in [1.29, 1.82) is 0 Å². The van der Waals surface area contributed by atoms with Crippen LogP contribution in [0.25, 0.3) is 0 Å². The van der Waals surface area contributed by atoms with Gasteiger partial charge in [-0.25, -0.2) is 4.98 Å². The molecule has 1 heterocycles. The molecule has 1 aliphatic carbocycles. The lowest BCUT2D eigenvalue weighted by molar-refractivity contribution is 0.0932. The van der Waals surface area contributed by atoms with Crippen molar-refractivity contribution >= 4 is 5.91 Å². The Balaban J connectivity index is 2.03. The molecule has 15 heavy (non-hydrogen) atoms. The fourth-order valence-corrected chi connectivity index (χ4v) is 2.06. The Morgan fingerprint density at radius 1 is 1.40 bits per heavy atom. The minimum Gasteiger partial charge on any atom is -0.445 e. The summed E-state index contributed by atoms with van der Waals surface area (Å²) in [5.41, 5.74) is 0.430. The van der Waals surface area contributed by atoms with E-state index in [0.29, 0.717) is 23.4 Å². The molecule has 0 aliphatic heterocycles. The van der Waals surface area contributed by atoms with Crippen LogP contribution in [0.5, 0.6) is 0 Å². The Morgan fingerprint density at radius 3 is 2.60 bits per heavy atom. The number of aromatic nitrogens is 1. The first-order chi connectivity index (χ1) is 7.16. The highest BCUT2D eigenvalue weighted by molar-refractivity contribution is 5.93. The predicted molar refractivity (Wildman–Crippen MR) is 55.7 cm³/mol. The van der Waals surface area contributed by atoms with E-state index in [4.69, 9.17) is 4.42 Å². The second kappa shape index (κ2) is 4.04. The van der Waals surface area contributed by atoms with Crippen molar-refractivity contribution in [2.45, 2.75) is 45.6 Å². The molecule has 0 spiro atoms. The van der Waals surface area contributed by atoms with Gasteiger partial charge < -0.3 is 9.73 Å². The molecular weight excluding hydrogens is 192 g/mol. The minimum absolute atomic E-state index is 0.101. The normalized spacial score (nSPS) is 16.9. The number of oxazole rings is 1. The number of carbonyl (C=O) groups is 1. The first-order valence-electron chi connectivity index (χ1n) is 5.41. The summed E-state index contributed by atoms with van der Waals surface area (Å²) in [6.07, 6.45) is 4.59. The fraction of sp³-hybridized carbons (Fsp3) is 0.636. The first-order valence-corrected chi connectivity index (χ1v) is 5.41. The van der Waals surface area contributed by atoms with Crippen LogP contribution in [0.1, 0.15) is 47.8 Å². The second-order valence-corrected chi connectivity index (χ2v) is 4.09. The molecule has 1 amide bonds. The molecule has 1 fully saturated rings. The highest BCUT2D eigenvalue weighted by atomic mass is 16.4. The third kappa shape index (κ3) is 2.19. The second-order valence-electron chi connectivity index (χ2n) is 4.09. The van der Waals surface area contributed by atoms with Crippen LogP contribution in [0.3, 0.4) is 0 Å². The zero-order chi connectivity index (χ0) is 10.8.